The van der Waals surface area contributed by atoms with E-state index in [-0.39, 0.29) is 17.9 Å². The van der Waals surface area contributed by atoms with Crippen molar-refractivity contribution in [2.75, 3.05) is 43.0 Å². The van der Waals surface area contributed by atoms with E-state index in [4.69, 9.17) is 4.74 Å². The maximum Gasteiger partial charge on any atom is 0.227 e. The third kappa shape index (κ3) is 5.16. The van der Waals surface area contributed by atoms with Crippen LogP contribution in [0.3, 0.4) is 0 Å². The first-order valence-corrected chi connectivity index (χ1v) is 10.3. The standard InChI is InChI=1S/C22H31N5O2/c1-5-23-21(28)16(3)17-7-9-18(10-8-17)29-19-12-14-27(15-19)20-11-13-24-22(25-20)26(4)6-2/h7-11,13,16,19H,5-6,12,14-15H2,1-4H3,(H,23,28)/t16?,19-/m1/s1. The molecule has 2 heterocycles. The van der Waals surface area contributed by atoms with Crippen molar-refractivity contribution in [1.29, 1.82) is 0 Å². The SMILES string of the molecule is CCNC(=O)C(C)c1ccc(O[C@@H]2CCN(c3ccnc(N(C)CC)n3)C2)cc1. The molecule has 1 unspecified atom stereocenters. The zero-order chi connectivity index (χ0) is 20.8. The molecule has 0 aliphatic carbocycles. The van der Waals surface area contributed by atoms with Crippen LogP contribution in [-0.4, -0.2) is 55.2 Å². The van der Waals surface area contributed by atoms with E-state index in [2.05, 4.69) is 27.1 Å². The number of rotatable bonds is 8. The lowest BCUT2D eigenvalue weighted by Gasteiger charge is -2.20. The van der Waals surface area contributed by atoms with Gasteiger partial charge in [0.1, 0.15) is 17.7 Å². The Bertz CT molecular complexity index is 811. The summed E-state index contributed by atoms with van der Waals surface area (Å²) in [5.74, 6) is 2.39. The molecule has 1 amide bonds. The molecule has 0 bridgehead atoms. The van der Waals surface area contributed by atoms with E-state index in [1.54, 1.807) is 0 Å². The summed E-state index contributed by atoms with van der Waals surface area (Å²) in [6, 6.07) is 9.80. The van der Waals surface area contributed by atoms with Gasteiger partial charge in [-0.3, -0.25) is 4.79 Å². The monoisotopic (exact) mass is 397 g/mol. The number of hydrogen-bond donors (Lipinski definition) is 1. The van der Waals surface area contributed by atoms with Crippen molar-refractivity contribution < 1.29 is 9.53 Å². The summed E-state index contributed by atoms with van der Waals surface area (Å²) in [6.45, 7) is 9.14. The van der Waals surface area contributed by atoms with Gasteiger partial charge in [-0.25, -0.2) is 4.98 Å². The summed E-state index contributed by atoms with van der Waals surface area (Å²) in [6.07, 6.45) is 2.87. The number of benzene rings is 1. The molecule has 1 aliphatic rings. The zero-order valence-electron chi connectivity index (χ0n) is 17.8. The van der Waals surface area contributed by atoms with Crippen molar-refractivity contribution in [3.8, 4) is 5.75 Å². The lowest BCUT2D eigenvalue weighted by Crippen LogP contribution is -2.27. The van der Waals surface area contributed by atoms with Gasteiger partial charge in [0.05, 0.1) is 12.5 Å². The van der Waals surface area contributed by atoms with Crippen LogP contribution >= 0.6 is 0 Å². The molecule has 1 aromatic carbocycles. The fourth-order valence-corrected chi connectivity index (χ4v) is 3.38. The van der Waals surface area contributed by atoms with Gasteiger partial charge < -0.3 is 19.9 Å². The highest BCUT2D eigenvalue weighted by Gasteiger charge is 2.25. The molecule has 1 N–H and O–H groups in total. The van der Waals surface area contributed by atoms with Gasteiger partial charge in [-0.1, -0.05) is 12.1 Å². The van der Waals surface area contributed by atoms with Crippen molar-refractivity contribution in [3.05, 3.63) is 42.1 Å². The molecule has 3 rings (SSSR count). The number of carbonyl (C=O) groups is 1. The molecule has 1 fully saturated rings. The second-order valence-electron chi connectivity index (χ2n) is 7.39. The molecular formula is C22H31N5O2. The molecule has 0 radical (unpaired) electrons. The third-order valence-electron chi connectivity index (χ3n) is 5.34. The van der Waals surface area contributed by atoms with Crippen molar-refractivity contribution in [3.63, 3.8) is 0 Å². The summed E-state index contributed by atoms with van der Waals surface area (Å²) >= 11 is 0. The Morgan fingerprint density at radius 3 is 2.76 bits per heavy atom. The molecule has 0 spiro atoms. The fraction of sp³-hybridized carbons (Fsp3) is 0.500. The van der Waals surface area contributed by atoms with Crippen LogP contribution in [0.5, 0.6) is 5.75 Å². The van der Waals surface area contributed by atoms with Crippen LogP contribution in [0.1, 0.15) is 38.7 Å². The first-order valence-electron chi connectivity index (χ1n) is 10.3. The molecule has 1 aliphatic heterocycles. The summed E-state index contributed by atoms with van der Waals surface area (Å²) in [5.41, 5.74) is 0.991. The Balaban J connectivity index is 1.58. The van der Waals surface area contributed by atoms with Gasteiger partial charge in [0.15, 0.2) is 0 Å². The zero-order valence-corrected chi connectivity index (χ0v) is 17.8. The lowest BCUT2D eigenvalue weighted by molar-refractivity contribution is -0.122. The van der Waals surface area contributed by atoms with E-state index in [0.717, 1.165) is 49.1 Å². The fourth-order valence-electron chi connectivity index (χ4n) is 3.38. The molecular weight excluding hydrogens is 366 g/mol. The van der Waals surface area contributed by atoms with Gasteiger partial charge in [0.25, 0.3) is 0 Å². The van der Waals surface area contributed by atoms with E-state index in [1.165, 1.54) is 0 Å². The number of anilines is 2. The minimum Gasteiger partial charge on any atom is -0.489 e. The van der Waals surface area contributed by atoms with E-state index in [0.29, 0.717) is 6.54 Å². The highest BCUT2D eigenvalue weighted by molar-refractivity contribution is 5.83. The Kier molecular flexibility index (Phi) is 6.90. The molecule has 29 heavy (non-hydrogen) atoms. The van der Waals surface area contributed by atoms with Crippen LogP contribution < -0.4 is 19.9 Å². The van der Waals surface area contributed by atoms with Crippen molar-refractivity contribution in [2.45, 2.75) is 39.2 Å². The van der Waals surface area contributed by atoms with Crippen LogP contribution in [0.2, 0.25) is 0 Å². The van der Waals surface area contributed by atoms with E-state index < -0.39 is 0 Å². The van der Waals surface area contributed by atoms with E-state index in [9.17, 15) is 4.79 Å². The smallest absolute Gasteiger partial charge is 0.227 e. The predicted molar refractivity (Wildman–Crippen MR) is 116 cm³/mol. The van der Waals surface area contributed by atoms with Gasteiger partial charge in [-0.05, 0) is 44.5 Å². The van der Waals surface area contributed by atoms with E-state index >= 15 is 0 Å². The number of aromatic nitrogens is 2. The highest BCUT2D eigenvalue weighted by atomic mass is 16.5. The first-order chi connectivity index (χ1) is 14.0. The van der Waals surface area contributed by atoms with Crippen LogP contribution in [0.4, 0.5) is 11.8 Å². The van der Waals surface area contributed by atoms with E-state index in [1.807, 2.05) is 62.3 Å². The number of nitrogens with one attached hydrogen (secondary N) is 1. The topological polar surface area (TPSA) is 70.6 Å². The number of amides is 1. The molecule has 7 nitrogen and oxygen atoms in total. The Labute approximate surface area is 173 Å². The lowest BCUT2D eigenvalue weighted by atomic mass is 10.0. The summed E-state index contributed by atoms with van der Waals surface area (Å²) < 4.78 is 6.17. The normalized spacial score (nSPS) is 17.1. The van der Waals surface area contributed by atoms with Crippen LogP contribution in [0, 0.1) is 0 Å². The highest BCUT2D eigenvalue weighted by Crippen LogP contribution is 2.25. The van der Waals surface area contributed by atoms with Crippen LogP contribution in [0.15, 0.2) is 36.5 Å². The molecule has 1 aromatic heterocycles. The minimum atomic E-state index is -0.167. The molecule has 156 valence electrons. The molecule has 2 aromatic rings. The van der Waals surface area contributed by atoms with Gasteiger partial charge >= 0.3 is 0 Å². The second kappa shape index (κ2) is 9.58. The minimum absolute atomic E-state index is 0.0468. The molecule has 1 saturated heterocycles. The summed E-state index contributed by atoms with van der Waals surface area (Å²) in [7, 11) is 1.99. The van der Waals surface area contributed by atoms with Crippen molar-refractivity contribution in [1.82, 2.24) is 15.3 Å². The number of ether oxygens (including phenoxy) is 1. The molecule has 7 heteroatoms. The summed E-state index contributed by atoms with van der Waals surface area (Å²) in [5, 5.41) is 2.86. The maximum absolute atomic E-state index is 12.0. The number of hydrogen-bond acceptors (Lipinski definition) is 6. The Hall–Kier alpha value is -2.83. The number of likely N-dealkylation sites (N-methyl/N-ethyl adjacent to an activating group) is 1. The Morgan fingerprint density at radius 1 is 1.31 bits per heavy atom. The quantitative estimate of drug-likeness (QED) is 0.739. The molecule has 0 saturated carbocycles. The van der Waals surface area contributed by atoms with Crippen molar-refractivity contribution >= 4 is 17.7 Å². The van der Waals surface area contributed by atoms with Gasteiger partial charge in [0.2, 0.25) is 11.9 Å². The average molecular weight is 398 g/mol. The van der Waals surface area contributed by atoms with Gasteiger partial charge in [-0.2, -0.15) is 4.98 Å². The predicted octanol–water partition coefficient (Wildman–Crippen LogP) is 2.83. The second-order valence-corrected chi connectivity index (χ2v) is 7.39. The largest absolute Gasteiger partial charge is 0.489 e. The number of nitrogens with zero attached hydrogens (tertiary/aromatic N) is 4. The third-order valence-corrected chi connectivity index (χ3v) is 5.34. The van der Waals surface area contributed by atoms with Crippen LogP contribution in [-0.2, 0) is 4.79 Å². The van der Waals surface area contributed by atoms with Crippen molar-refractivity contribution in [2.24, 2.45) is 0 Å². The summed E-state index contributed by atoms with van der Waals surface area (Å²) in [4.78, 5) is 25.3. The first kappa shape index (κ1) is 20.9. The number of carbonyl (C=O) groups excluding carboxylic acids is 1. The van der Waals surface area contributed by atoms with Crippen LogP contribution in [0.25, 0.3) is 0 Å². The van der Waals surface area contributed by atoms with Gasteiger partial charge in [0, 0.05) is 39.3 Å². The average Bonchev–Trinajstić information content (AvgIpc) is 3.22. The maximum atomic E-state index is 12.0. The van der Waals surface area contributed by atoms with Gasteiger partial charge in [-0.15, -0.1) is 0 Å². The molecule has 2 atom stereocenters. The Morgan fingerprint density at radius 2 is 2.07 bits per heavy atom.